The number of methoxy groups -OCH3 is 1. The van der Waals surface area contributed by atoms with Crippen molar-refractivity contribution >= 4 is 22.6 Å². The van der Waals surface area contributed by atoms with E-state index in [1.807, 2.05) is 30.9 Å². The lowest BCUT2D eigenvalue weighted by atomic mass is 10.1. The van der Waals surface area contributed by atoms with Gasteiger partial charge >= 0.3 is 0 Å². The Bertz CT molecular complexity index is 558. The summed E-state index contributed by atoms with van der Waals surface area (Å²) in [5.41, 5.74) is 4.33. The standard InChI is InChI=1S/C13H16IN3O/c1-8-5-15-11(10(3)12(8)18-4)7-17-6-9(2)13(14)16-17/h5-6H,7H2,1-4H3. The van der Waals surface area contributed by atoms with Gasteiger partial charge in [0, 0.05) is 29.1 Å². The van der Waals surface area contributed by atoms with Gasteiger partial charge in [0.15, 0.2) is 0 Å². The third-order valence-electron chi connectivity index (χ3n) is 2.95. The zero-order valence-corrected chi connectivity index (χ0v) is 13.1. The van der Waals surface area contributed by atoms with Crippen molar-refractivity contribution in [1.82, 2.24) is 14.8 Å². The maximum Gasteiger partial charge on any atom is 0.128 e. The molecule has 0 fully saturated rings. The monoisotopic (exact) mass is 357 g/mol. The smallest absolute Gasteiger partial charge is 0.128 e. The second kappa shape index (κ2) is 5.26. The van der Waals surface area contributed by atoms with Gasteiger partial charge < -0.3 is 4.74 Å². The lowest BCUT2D eigenvalue weighted by Gasteiger charge is -2.12. The van der Waals surface area contributed by atoms with E-state index in [1.54, 1.807) is 7.11 Å². The van der Waals surface area contributed by atoms with Crippen molar-refractivity contribution in [3.63, 3.8) is 0 Å². The normalized spacial score (nSPS) is 10.7. The average molecular weight is 357 g/mol. The quantitative estimate of drug-likeness (QED) is 0.794. The highest BCUT2D eigenvalue weighted by Crippen LogP contribution is 2.24. The van der Waals surface area contributed by atoms with Crippen molar-refractivity contribution in [2.45, 2.75) is 27.3 Å². The summed E-state index contributed by atoms with van der Waals surface area (Å²) < 4.78 is 8.36. The number of rotatable bonds is 3. The van der Waals surface area contributed by atoms with Crippen LogP contribution in [0.5, 0.6) is 5.75 Å². The van der Waals surface area contributed by atoms with E-state index >= 15 is 0 Å². The Morgan fingerprint density at radius 1 is 1.28 bits per heavy atom. The van der Waals surface area contributed by atoms with Gasteiger partial charge in [0.05, 0.1) is 19.3 Å². The third kappa shape index (κ3) is 2.50. The number of aromatic nitrogens is 3. The fourth-order valence-corrected chi connectivity index (χ4v) is 2.38. The van der Waals surface area contributed by atoms with Crippen LogP contribution in [-0.2, 0) is 6.54 Å². The molecule has 0 N–H and O–H groups in total. The molecule has 0 aliphatic rings. The molecule has 0 aromatic carbocycles. The van der Waals surface area contributed by atoms with E-state index in [-0.39, 0.29) is 0 Å². The van der Waals surface area contributed by atoms with Gasteiger partial charge in [-0.25, -0.2) is 0 Å². The molecule has 18 heavy (non-hydrogen) atoms. The molecule has 0 aliphatic carbocycles. The molecule has 0 bridgehead atoms. The highest BCUT2D eigenvalue weighted by molar-refractivity contribution is 14.1. The molecule has 0 atom stereocenters. The summed E-state index contributed by atoms with van der Waals surface area (Å²) in [4.78, 5) is 4.48. The summed E-state index contributed by atoms with van der Waals surface area (Å²) in [5, 5.41) is 4.45. The van der Waals surface area contributed by atoms with E-state index in [4.69, 9.17) is 4.74 Å². The molecule has 0 amide bonds. The van der Waals surface area contributed by atoms with Crippen molar-refractivity contribution in [2.75, 3.05) is 7.11 Å². The SMILES string of the molecule is COc1c(C)cnc(Cn2cc(C)c(I)n2)c1C. The molecule has 96 valence electrons. The van der Waals surface area contributed by atoms with Gasteiger partial charge in [0.1, 0.15) is 9.45 Å². The molecule has 0 saturated heterocycles. The molecule has 0 saturated carbocycles. The van der Waals surface area contributed by atoms with Gasteiger partial charge in [-0.2, -0.15) is 5.10 Å². The van der Waals surface area contributed by atoms with E-state index in [9.17, 15) is 0 Å². The van der Waals surface area contributed by atoms with Crippen LogP contribution in [0, 0.1) is 24.5 Å². The van der Waals surface area contributed by atoms with Crippen LogP contribution in [0.4, 0.5) is 0 Å². The molecule has 0 unspecified atom stereocenters. The number of nitrogens with zero attached hydrogens (tertiary/aromatic N) is 3. The molecular formula is C13H16IN3O. The van der Waals surface area contributed by atoms with Gasteiger partial charge in [-0.05, 0) is 43.4 Å². The minimum absolute atomic E-state index is 0.673. The second-order valence-corrected chi connectivity index (χ2v) is 5.37. The van der Waals surface area contributed by atoms with E-state index in [2.05, 4.69) is 39.6 Å². The summed E-state index contributed by atoms with van der Waals surface area (Å²) in [6, 6.07) is 0. The largest absolute Gasteiger partial charge is 0.496 e. The first-order valence-electron chi connectivity index (χ1n) is 5.71. The van der Waals surface area contributed by atoms with Crippen molar-refractivity contribution in [1.29, 1.82) is 0 Å². The van der Waals surface area contributed by atoms with E-state index in [1.165, 1.54) is 5.56 Å². The molecule has 5 heteroatoms. The number of aryl methyl sites for hydroxylation is 2. The lowest BCUT2D eigenvalue weighted by Crippen LogP contribution is -2.06. The molecule has 4 nitrogen and oxygen atoms in total. The minimum Gasteiger partial charge on any atom is -0.496 e. The zero-order valence-electron chi connectivity index (χ0n) is 11.0. The van der Waals surface area contributed by atoms with Crippen LogP contribution in [0.1, 0.15) is 22.4 Å². The number of pyridine rings is 1. The van der Waals surface area contributed by atoms with Gasteiger partial charge in [0.25, 0.3) is 0 Å². The summed E-state index contributed by atoms with van der Waals surface area (Å²) in [5.74, 6) is 0.915. The summed E-state index contributed by atoms with van der Waals surface area (Å²) in [6.45, 7) is 6.77. The van der Waals surface area contributed by atoms with Crippen LogP contribution < -0.4 is 4.74 Å². The first-order chi connectivity index (χ1) is 8.52. The van der Waals surface area contributed by atoms with E-state index in [0.29, 0.717) is 6.54 Å². The molecule has 0 aliphatic heterocycles. The van der Waals surface area contributed by atoms with Gasteiger partial charge in [-0.15, -0.1) is 0 Å². The fraction of sp³-hybridized carbons (Fsp3) is 0.385. The molecule has 0 radical (unpaired) electrons. The second-order valence-electron chi connectivity index (χ2n) is 4.35. The molecule has 2 heterocycles. The van der Waals surface area contributed by atoms with Crippen LogP contribution in [-0.4, -0.2) is 21.9 Å². The van der Waals surface area contributed by atoms with Crippen LogP contribution >= 0.6 is 22.6 Å². The summed E-state index contributed by atoms with van der Waals surface area (Å²) in [7, 11) is 1.69. The Labute approximate surface area is 121 Å². The molecule has 2 aromatic rings. The first kappa shape index (κ1) is 13.3. The van der Waals surface area contributed by atoms with Crippen LogP contribution in [0.3, 0.4) is 0 Å². The maximum atomic E-state index is 5.41. The number of hydrogen-bond acceptors (Lipinski definition) is 3. The first-order valence-corrected chi connectivity index (χ1v) is 6.79. The molecule has 2 aromatic heterocycles. The van der Waals surface area contributed by atoms with Crippen molar-refractivity contribution < 1.29 is 4.74 Å². The average Bonchev–Trinajstić information content (AvgIpc) is 2.63. The van der Waals surface area contributed by atoms with Gasteiger partial charge in [0.2, 0.25) is 0 Å². The molecule has 0 spiro atoms. The fourth-order valence-electron chi connectivity index (χ4n) is 1.96. The minimum atomic E-state index is 0.673. The Hall–Kier alpha value is -1.11. The van der Waals surface area contributed by atoms with Crippen LogP contribution in [0.15, 0.2) is 12.4 Å². The highest BCUT2D eigenvalue weighted by Gasteiger charge is 2.11. The maximum absolute atomic E-state index is 5.41. The third-order valence-corrected chi connectivity index (χ3v) is 4.01. The van der Waals surface area contributed by atoms with Crippen molar-refractivity contribution in [3.05, 3.63) is 38.5 Å². The Morgan fingerprint density at radius 3 is 2.56 bits per heavy atom. The molecule has 2 rings (SSSR count). The Morgan fingerprint density at radius 2 is 2.00 bits per heavy atom. The van der Waals surface area contributed by atoms with Crippen LogP contribution in [0.25, 0.3) is 0 Å². The highest BCUT2D eigenvalue weighted by atomic mass is 127. The molecular weight excluding hydrogens is 341 g/mol. The van der Waals surface area contributed by atoms with E-state index in [0.717, 1.165) is 26.3 Å². The zero-order chi connectivity index (χ0) is 13.3. The Balaban J connectivity index is 2.35. The Kier molecular flexibility index (Phi) is 3.89. The number of hydrogen-bond donors (Lipinski definition) is 0. The van der Waals surface area contributed by atoms with Gasteiger partial charge in [-0.3, -0.25) is 9.67 Å². The van der Waals surface area contributed by atoms with Crippen molar-refractivity contribution in [2.24, 2.45) is 0 Å². The predicted octanol–water partition coefficient (Wildman–Crippen LogP) is 2.86. The van der Waals surface area contributed by atoms with Crippen LogP contribution in [0.2, 0.25) is 0 Å². The summed E-state index contributed by atoms with van der Waals surface area (Å²) in [6.07, 6.45) is 3.89. The van der Waals surface area contributed by atoms with E-state index < -0.39 is 0 Å². The van der Waals surface area contributed by atoms with Crippen molar-refractivity contribution in [3.8, 4) is 5.75 Å². The lowest BCUT2D eigenvalue weighted by molar-refractivity contribution is 0.406. The summed E-state index contributed by atoms with van der Waals surface area (Å²) >= 11 is 2.24. The predicted molar refractivity (Wildman–Crippen MR) is 79.0 cm³/mol. The number of ether oxygens (including phenoxy) is 1. The number of halogens is 1. The van der Waals surface area contributed by atoms with Gasteiger partial charge in [-0.1, -0.05) is 0 Å². The topological polar surface area (TPSA) is 39.9 Å².